The first-order valence-electron chi connectivity index (χ1n) is 6.31. The minimum atomic E-state index is 0.672. The second-order valence-corrected chi connectivity index (χ2v) is 4.54. The maximum Gasteiger partial charge on any atom is 0.0462 e. The predicted octanol–water partition coefficient (Wildman–Crippen LogP) is 1.52. The summed E-state index contributed by atoms with van der Waals surface area (Å²) in [6.07, 6.45) is 7.72. The van der Waals surface area contributed by atoms with E-state index in [1.807, 2.05) is 0 Å². The Hall–Kier alpha value is -0.120. The molecule has 0 heterocycles. The van der Waals surface area contributed by atoms with Gasteiger partial charge in [0, 0.05) is 19.8 Å². The molecule has 0 amide bonds. The van der Waals surface area contributed by atoms with Crippen LogP contribution in [-0.4, -0.2) is 32.8 Å². The highest BCUT2D eigenvalue weighted by Gasteiger charge is 2.22. The van der Waals surface area contributed by atoms with Crippen molar-refractivity contribution >= 4 is 0 Å². The van der Waals surface area contributed by atoms with Crippen LogP contribution in [0.25, 0.3) is 0 Å². The summed E-state index contributed by atoms with van der Waals surface area (Å²) in [5, 5.41) is 3.65. The average Bonchev–Trinajstić information content (AvgIpc) is 2.29. The number of hydrogen-bond donors (Lipinski definition) is 2. The largest absolute Gasteiger partial charge is 0.385 e. The Labute approximate surface area is 93.8 Å². The van der Waals surface area contributed by atoms with Crippen molar-refractivity contribution in [2.75, 3.05) is 26.8 Å². The summed E-state index contributed by atoms with van der Waals surface area (Å²) in [7, 11) is 1.76. The predicted molar refractivity (Wildman–Crippen MR) is 63.9 cm³/mol. The van der Waals surface area contributed by atoms with Crippen LogP contribution in [0.2, 0.25) is 0 Å². The van der Waals surface area contributed by atoms with E-state index in [0.717, 1.165) is 26.1 Å². The van der Waals surface area contributed by atoms with E-state index in [-0.39, 0.29) is 0 Å². The Kier molecular flexibility index (Phi) is 6.98. The van der Waals surface area contributed by atoms with Crippen molar-refractivity contribution < 1.29 is 4.74 Å². The molecule has 2 atom stereocenters. The number of rotatable bonds is 7. The Balaban J connectivity index is 2.07. The fraction of sp³-hybridized carbons (Fsp3) is 1.00. The molecule has 3 heteroatoms. The van der Waals surface area contributed by atoms with Crippen molar-refractivity contribution in [2.24, 2.45) is 11.7 Å². The van der Waals surface area contributed by atoms with Crippen LogP contribution >= 0.6 is 0 Å². The molecule has 15 heavy (non-hydrogen) atoms. The van der Waals surface area contributed by atoms with Crippen molar-refractivity contribution in [3.63, 3.8) is 0 Å². The molecule has 3 nitrogen and oxygen atoms in total. The van der Waals surface area contributed by atoms with Gasteiger partial charge >= 0.3 is 0 Å². The lowest BCUT2D eigenvalue weighted by Gasteiger charge is -2.31. The average molecular weight is 214 g/mol. The van der Waals surface area contributed by atoms with Crippen LogP contribution in [0.3, 0.4) is 0 Å². The summed E-state index contributed by atoms with van der Waals surface area (Å²) in [6, 6.07) is 0.672. The topological polar surface area (TPSA) is 47.3 Å². The third-order valence-corrected chi connectivity index (χ3v) is 3.39. The van der Waals surface area contributed by atoms with E-state index < -0.39 is 0 Å². The van der Waals surface area contributed by atoms with Crippen LogP contribution in [0.5, 0.6) is 0 Å². The number of unbranched alkanes of at least 4 members (excludes halogenated alkanes) is 1. The Morgan fingerprint density at radius 2 is 2.07 bits per heavy atom. The summed E-state index contributed by atoms with van der Waals surface area (Å²) in [5.41, 5.74) is 5.79. The van der Waals surface area contributed by atoms with Gasteiger partial charge in [-0.15, -0.1) is 0 Å². The van der Waals surface area contributed by atoms with Crippen molar-refractivity contribution in [3.8, 4) is 0 Å². The van der Waals surface area contributed by atoms with Gasteiger partial charge in [-0.05, 0) is 44.7 Å². The standard InChI is InChI=1S/C12H26N2O/c1-15-9-5-4-8-14-12-7-3-2-6-11(12)10-13/h11-12,14H,2-10,13H2,1H3. The van der Waals surface area contributed by atoms with Crippen molar-refractivity contribution in [3.05, 3.63) is 0 Å². The molecule has 3 N–H and O–H groups in total. The third kappa shape index (κ3) is 4.96. The van der Waals surface area contributed by atoms with Crippen molar-refractivity contribution in [1.82, 2.24) is 5.32 Å². The molecule has 0 spiro atoms. The van der Waals surface area contributed by atoms with Crippen LogP contribution in [-0.2, 0) is 4.74 Å². The van der Waals surface area contributed by atoms with Gasteiger partial charge in [0.1, 0.15) is 0 Å². The van der Waals surface area contributed by atoms with E-state index in [1.54, 1.807) is 7.11 Å². The molecule has 90 valence electrons. The molecule has 2 unspecified atom stereocenters. The molecular formula is C12H26N2O. The maximum absolute atomic E-state index is 5.79. The second kappa shape index (κ2) is 8.08. The second-order valence-electron chi connectivity index (χ2n) is 4.54. The van der Waals surface area contributed by atoms with Gasteiger partial charge in [-0.2, -0.15) is 0 Å². The first kappa shape index (κ1) is 12.9. The van der Waals surface area contributed by atoms with E-state index in [4.69, 9.17) is 10.5 Å². The molecule has 0 aromatic carbocycles. The zero-order valence-corrected chi connectivity index (χ0v) is 10.0. The summed E-state index contributed by atoms with van der Waals surface area (Å²) in [5.74, 6) is 0.709. The number of methoxy groups -OCH3 is 1. The minimum absolute atomic E-state index is 0.672. The monoisotopic (exact) mass is 214 g/mol. The van der Waals surface area contributed by atoms with E-state index in [9.17, 15) is 0 Å². The fourth-order valence-electron chi connectivity index (χ4n) is 2.42. The molecule has 1 fully saturated rings. The summed E-state index contributed by atoms with van der Waals surface area (Å²) < 4.78 is 5.03. The zero-order chi connectivity index (χ0) is 10.9. The van der Waals surface area contributed by atoms with E-state index in [1.165, 1.54) is 32.1 Å². The summed E-state index contributed by atoms with van der Waals surface area (Å²) in [4.78, 5) is 0. The molecule has 0 aromatic heterocycles. The summed E-state index contributed by atoms with van der Waals surface area (Å²) in [6.45, 7) is 2.84. The first-order chi connectivity index (χ1) is 7.38. The van der Waals surface area contributed by atoms with E-state index in [2.05, 4.69) is 5.32 Å². The van der Waals surface area contributed by atoms with E-state index in [0.29, 0.717) is 12.0 Å². The van der Waals surface area contributed by atoms with Gasteiger partial charge in [0.2, 0.25) is 0 Å². The van der Waals surface area contributed by atoms with Gasteiger partial charge in [0.15, 0.2) is 0 Å². The number of ether oxygens (including phenoxy) is 1. The highest BCUT2D eigenvalue weighted by molar-refractivity contribution is 4.81. The van der Waals surface area contributed by atoms with Crippen LogP contribution < -0.4 is 11.1 Å². The Morgan fingerprint density at radius 1 is 1.27 bits per heavy atom. The lowest BCUT2D eigenvalue weighted by Crippen LogP contribution is -2.42. The molecule has 1 aliphatic carbocycles. The molecule has 1 rings (SSSR count). The SMILES string of the molecule is COCCCCNC1CCCCC1CN. The third-order valence-electron chi connectivity index (χ3n) is 3.39. The highest BCUT2D eigenvalue weighted by Crippen LogP contribution is 2.23. The lowest BCUT2D eigenvalue weighted by atomic mass is 9.84. The van der Waals surface area contributed by atoms with Gasteiger partial charge < -0.3 is 15.8 Å². The zero-order valence-electron chi connectivity index (χ0n) is 10.0. The van der Waals surface area contributed by atoms with E-state index >= 15 is 0 Å². The maximum atomic E-state index is 5.79. The molecule has 0 aliphatic heterocycles. The highest BCUT2D eigenvalue weighted by atomic mass is 16.5. The molecule has 0 aromatic rings. The smallest absolute Gasteiger partial charge is 0.0462 e. The number of nitrogens with one attached hydrogen (secondary N) is 1. The molecule has 0 saturated heterocycles. The van der Waals surface area contributed by atoms with Crippen molar-refractivity contribution in [1.29, 1.82) is 0 Å². The molecule has 0 radical (unpaired) electrons. The number of nitrogens with two attached hydrogens (primary N) is 1. The van der Waals surface area contributed by atoms with Crippen molar-refractivity contribution in [2.45, 2.75) is 44.6 Å². The lowest BCUT2D eigenvalue weighted by molar-refractivity contribution is 0.190. The first-order valence-corrected chi connectivity index (χ1v) is 6.31. The van der Waals surface area contributed by atoms with Crippen LogP contribution in [0.15, 0.2) is 0 Å². The minimum Gasteiger partial charge on any atom is -0.385 e. The Bertz CT molecular complexity index is 153. The molecule has 1 saturated carbocycles. The van der Waals surface area contributed by atoms with Gasteiger partial charge in [-0.1, -0.05) is 12.8 Å². The fourth-order valence-corrected chi connectivity index (χ4v) is 2.42. The van der Waals surface area contributed by atoms with Gasteiger partial charge in [-0.3, -0.25) is 0 Å². The van der Waals surface area contributed by atoms with Gasteiger partial charge in [-0.25, -0.2) is 0 Å². The normalized spacial score (nSPS) is 26.8. The number of hydrogen-bond acceptors (Lipinski definition) is 3. The van der Waals surface area contributed by atoms with Crippen LogP contribution in [0.1, 0.15) is 38.5 Å². The van der Waals surface area contributed by atoms with Gasteiger partial charge in [0.05, 0.1) is 0 Å². The quantitative estimate of drug-likeness (QED) is 0.632. The Morgan fingerprint density at radius 3 is 2.80 bits per heavy atom. The summed E-state index contributed by atoms with van der Waals surface area (Å²) >= 11 is 0. The molecule has 1 aliphatic rings. The molecule has 0 bridgehead atoms. The van der Waals surface area contributed by atoms with Crippen LogP contribution in [0, 0.1) is 5.92 Å². The molecular weight excluding hydrogens is 188 g/mol. The van der Waals surface area contributed by atoms with Crippen LogP contribution in [0.4, 0.5) is 0 Å². The van der Waals surface area contributed by atoms with Gasteiger partial charge in [0.25, 0.3) is 0 Å².